The number of nitrogens with two attached hydrogens (primary N) is 1. The van der Waals surface area contributed by atoms with Crippen molar-refractivity contribution >= 4 is 17.7 Å². The minimum atomic E-state index is -0.500. The molecule has 2 aromatic carbocycles. The van der Waals surface area contributed by atoms with Gasteiger partial charge in [0.1, 0.15) is 12.6 Å². The van der Waals surface area contributed by atoms with Gasteiger partial charge in [-0.3, -0.25) is 9.69 Å². The lowest BCUT2D eigenvalue weighted by Gasteiger charge is -2.23. The smallest absolute Gasteiger partial charge is 0.410 e. The van der Waals surface area contributed by atoms with Crippen molar-refractivity contribution < 1.29 is 14.3 Å². The van der Waals surface area contributed by atoms with E-state index in [1.165, 1.54) is 10.5 Å². The van der Waals surface area contributed by atoms with Crippen LogP contribution in [-0.4, -0.2) is 35.5 Å². The number of nitrogens with zero attached hydrogens (tertiary/aromatic N) is 1. The Hall–Kier alpha value is -2.86. The van der Waals surface area contributed by atoms with Gasteiger partial charge in [0, 0.05) is 24.2 Å². The van der Waals surface area contributed by atoms with Crippen LogP contribution in [0.1, 0.15) is 36.3 Å². The summed E-state index contributed by atoms with van der Waals surface area (Å²) in [7, 11) is 0. The van der Waals surface area contributed by atoms with Gasteiger partial charge in [0.15, 0.2) is 0 Å². The molecule has 0 spiro atoms. The van der Waals surface area contributed by atoms with Gasteiger partial charge < -0.3 is 15.8 Å². The number of carbonyl (C=O) groups is 2. The monoisotopic (exact) mass is 379 g/mol. The Morgan fingerprint density at radius 3 is 2.50 bits per heavy atom. The van der Waals surface area contributed by atoms with E-state index in [1.807, 2.05) is 54.6 Å². The summed E-state index contributed by atoms with van der Waals surface area (Å²) in [6.45, 7) is 0.736. The minimum Gasteiger partial charge on any atom is -0.445 e. The van der Waals surface area contributed by atoms with E-state index in [1.54, 1.807) is 0 Å². The van der Waals surface area contributed by atoms with E-state index in [2.05, 4.69) is 5.32 Å². The Morgan fingerprint density at radius 2 is 1.82 bits per heavy atom. The number of carbonyl (C=O) groups excluding carboxylic acids is 2. The summed E-state index contributed by atoms with van der Waals surface area (Å²) >= 11 is 0. The van der Waals surface area contributed by atoms with E-state index in [0.717, 1.165) is 24.1 Å². The molecule has 1 aliphatic heterocycles. The zero-order chi connectivity index (χ0) is 19.5. The highest BCUT2D eigenvalue weighted by molar-refractivity contribution is 5.96. The molecule has 2 aliphatic rings. The topological polar surface area (TPSA) is 84.7 Å². The molecule has 1 unspecified atom stereocenters. The molecule has 0 aromatic heterocycles. The predicted octanol–water partition coefficient (Wildman–Crippen LogP) is 3.24. The van der Waals surface area contributed by atoms with E-state index >= 15 is 0 Å². The molecule has 0 radical (unpaired) electrons. The number of hydrogen-bond donors (Lipinski definition) is 2. The zero-order valence-electron chi connectivity index (χ0n) is 15.7. The molecular weight excluding hydrogens is 354 g/mol. The third-order valence-electron chi connectivity index (χ3n) is 5.44. The van der Waals surface area contributed by atoms with Crippen LogP contribution in [-0.2, 0) is 16.1 Å². The van der Waals surface area contributed by atoms with Crippen LogP contribution in [0.5, 0.6) is 0 Å². The summed E-state index contributed by atoms with van der Waals surface area (Å²) in [5.74, 6) is 0.263. The van der Waals surface area contributed by atoms with Gasteiger partial charge in [-0.1, -0.05) is 42.5 Å². The lowest BCUT2D eigenvalue weighted by molar-refractivity contribution is -0.120. The van der Waals surface area contributed by atoms with Gasteiger partial charge in [-0.05, 0) is 42.5 Å². The molecule has 1 aliphatic carbocycles. The van der Waals surface area contributed by atoms with Crippen LogP contribution in [0.4, 0.5) is 10.5 Å². The second-order valence-corrected chi connectivity index (χ2v) is 7.51. The van der Waals surface area contributed by atoms with E-state index < -0.39 is 12.1 Å². The average Bonchev–Trinajstić information content (AvgIpc) is 3.24. The van der Waals surface area contributed by atoms with Crippen molar-refractivity contribution in [3.63, 3.8) is 0 Å². The first kappa shape index (κ1) is 18.5. The Kier molecular flexibility index (Phi) is 5.30. The quantitative estimate of drug-likeness (QED) is 0.835. The maximum absolute atomic E-state index is 12.7. The zero-order valence-corrected chi connectivity index (χ0v) is 15.7. The molecule has 1 heterocycles. The van der Waals surface area contributed by atoms with Gasteiger partial charge in [0.2, 0.25) is 5.91 Å². The molecular formula is C22H25N3O3. The molecule has 6 nitrogen and oxygen atoms in total. The summed E-state index contributed by atoms with van der Waals surface area (Å²) in [4.78, 5) is 26.7. The summed E-state index contributed by atoms with van der Waals surface area (Å²) in [6, 6.07) is 17.1. The van der Waals surface area contributed by atoms with Crippen LogP contribution in [0.25, 0.3) is 0 Å². The van der Waals surface area contributed by atoms with Gasteiger partial charge in [-0.2, -0.15) is 0 Å². The second kappa shape index (κ2) is 8.02. The Labute approximate surface area is 164 Å². The summed E-state index contributed by atoms with van der Waals surface area (Å²) < 4.78 is 5.40. The molecule has 2 aromatic rings. The van der Waals surface area contributed by atoms with E-state index in [-0.39, 0.29) is 18.6 Å². The number of amides is 2. The third kappa shape index (κ3) is 4.17. The molecule has 28 heavy (non-hydrogen) atoms. The van der Waals surface area contributed by atoms with E-state index in [4.69, 9.17) is 10.5 Å². The summed E-state index contributed by atoms with van der Waals surface area (Å²) in [6.07, 6.45) is 2.01. The van der Waals surface area contributed by atoms with Crippen LogP contribution in [0.3, 0.4) is 0 Å². The first-order chi connectivity index (χ1) is 13.6. The van der Waals surface area contributed by atoms with E-state index in [9.17, 15) is 9.59 Å². The SMILES string of the molecule is N[C@@H]1C[C@H]1c1ccc(NC(=O)C2CCCN2C(=O)OCc2ccccc2)cc1. The highest BCUT2D eigenvalue weighted by atomic mass is 16.6. The number of anilines is 1. The van der Waals surface area contributed by atoms with Gasteiger partial charge in [-0.25, -0.2) is 4.79 Å². The van der Waals surface area contributed by atoms with Crippen molar-refractivity contribution in [3.8, 4) is 0 Å². The third-order valence-corrected chi connectivity index (χ3v) is 5.44. The standard InChI is InChI=1S/C22H25N3O3/c23-19-13-18(19)16-8-10-17(11-9-16)24-21(26)20-7-4-12-25(20)22(27)28-14-15-5-2-1-3-6-15/h1-3,5-6,8-11,18-20H,4,7,12-14,23H2,(H,24,26)/t18-,19+,20?/m0/s1. The maximum atomic E-state index is 12.7. The Morgan fingerprint density at radius 1 is 1.11 bits per heavy atom. The average molecular weight is 379 g/mol. The maximum Gasteiger partial charge on any atom is 0.410 e. The fraction of sp³-hybridized carbons (Fsp3) is 0.364. The molecule has 2 amide bonds. The van der Waals surface area contributed by atoms with Gasteiger partial charge in [0.05, 0.1) is 0 Å². The Bertz CT molecular complexity index is 838. The predicted molar refractivity (Wildman–Crippen MR) is 107 cm³/mol. The van der Waals surface area contributed by atoms with Gasteiger partial charge in [0.25, 0.3) is 0 Å². The molecule has 0 bridgehead atoms. The fourth-order valence-electron chi connectivity index (χ4n) is 3.70. The lowest BCUT2D eigenvalue weighted by Crippen LogP contribution is -2.43. The van der Waals surface area contributed by atoms with Crippen molar-refractivity contribution in [2.45, 2.75) is 43.9 Å². The number of hydrogen-bond acceptors (Lipinski definition) is 4. The number of benzene rings is 2. The molecule has 4 rings (SSSR count). The highest BCUT2D eigenvalue weighted by Crippen LogP contribution is 2.39. The number of ether oxygens (including phenoxy) is 1. The van der Waals surface area contributed by atoms with Gasteiger partial charge in [-0.15, -0.1) is 0 Å². The first-order valence-corrected chi connectivity index (χ1v) is 9.75. The summed E-state index contributed by atoms with van der Waals surface area (Å²) in [5, 5.41) is 2.92. The summed E-state index contributed by atoms with van der Waals surface area (Å²) in [5.41, 5.74) is 8.74. The first-order valence-electron chi connectivity index (χ1n) is 9.75. The van der Waals surface area contributed by atoms with Crippen LogP contribution in [0.15, 0.2) is 54.6 Å². The van der Waals surface area contributed by atoms with Crippen molar-refractivity contribution in [1.29, 1.82) is 0 Å². The van der Waals surface area contributed by atoms with E-state index in [0.29, 0.717) is 18.9 Å². The van der Waals surface area contributed by atoms with Crippen molar-refractivity contribution in [1.82, 2.24) is 4.90 Å². The fourth-order valence-corrected chi connectivity index (χ4v) is 3.70. The molecule has 3 atom stereocenters. The number of rotatable bonds is 5. The molecule has 1 saturated heterocycles. The van der Waals surface area contributed by atoms with Crippen LogP contribution in [0, 0.1) is 0 Å². The largest absolute Gasteiger partial charge is 0.445 e. The molecule has 6 heteroatoms. The van der Waals surface area contributed by atoms with Crippen LogP contribution >= 0.6 is 0 Å². The molecule has 2 fully saturated rings. The van der Waals surface area contributed by atoms with Crippen LogP contribution in [0.2, 0.25) is 0 Å². The molecule has 1 saturated carbocycles. The van der Waals surface area contributed by atoms with Gasteiger partial charge >= 0.3 is 6.09 Å². The normalized spacial score (nSPS) is 23.3. The molecule has 3 N–H and O–H groups in total. The number of likely N-dealkylation sites (tertiary alicyclic amines) is 1. The second-order valence-electron chi connectivity index (χ2n) is 7.51. The van der Waals surface area contributed by atoms with Crippen molar-refractivity contribution in [2.24, 2.45) is 5.73 Å². The number of nitrogens with one attached hydrogen (secondary N) is 1. The minimum absolute atomic E-state index is 0.176. The van der Waals surface area contributed by atoms with Crippen molar-refractivity contribution in [2.75, 3.05) is 11.9 Å². The van der Waals surface area contributed by atoms with Crippen molar-refractivity contribution in [3.05, 3.63) is 65.7 Å². The van der Waals surface area contributed by atoms with Crippen LogP contribution < -0.4 is 11.1 Å². The highest BCUT2D eigenvalue weighted by Gasteiger charge is 2.36. The Balaban J connectivity index is 1.33. The lowest BCUT2D eigenvalue weighted by atomic mass is 10.1. The molecule has 146 valence electrons.